The van der Waals surface area contributed by atoms with Crippen molar-refractivity contribution >= 4 is 10.0 Å². The molecule has 4 nitrogen and oxygen atoms in total. The number of hydrogen-bond acceptors (Lipinski definition) is 3. The van der Waals surface area contributed by atoms with Crippen molar-refractivity contribution in [2.24, 2.45) is 0 Å². The van der Waals surface area contributed by atoms with E-state index in [2.05, 4.69) is 25.7 Å². The molecule has 0 aromatic heterocycles. The standard InChI is InChI=1S/C15H24N2O2S/c1-5-9-17(4)20(18,19)12-15-8-6-7-14(10-15)11-16-13(2)3/h5-8,10,13,16H,1,9,11-12H2,2-4H3. The molecule has 0 aliphatic carbocycles. The Labute approximate surface area is 122 Å². The van der Waals surface area contributed by atoms with Crippen molar-refractivity contribution in [3.63, 3.8) is 0 Å². The van der Waals surface area contributed by atoms with Gasteiger partial charge < -0.3 is 5.32 Å². The summed E-state index contributed by atoms with van der Waals surface area (Å²) in [6.07, 6.45) is 1.58. The average Bonchev–Trinajstić information content (AvgIpc) is 2.36. The van der Waals surface area contributed by atoms with Crippen molar-refractivity contribution in [3.05, 3.63) is 48.0 Å². The van der Waals surface area contributed by atoms with Gasteiger partial charge >= 0.3 is 0 Å². The molecule has 112 valence electrons. The monoisotopic (exact) mass is 296 g/mol. The van der Waals surface area contributed by atoms with Crippen LogP contribution in [0, 0.1) is 0 Å². The summed E-state index contributed by atoms with van der Waals surface area (Å²) < 4.78 is 25.6. The summed E-state index contributed by atoms with van der Waals surface area (Å²) in [5, 5.41) is 3.32. The number of sulfonamides is 1. The van der Waals surface area contributed by atoms with E-state index in [1.807, 2.05) is 24.3 Å². The fourth-order valence-corrected chi connectivity index (χ4v) is 2.92. The number of nitrogens with one attached hydrogen (secondary N) is 1. The lowest BCUT2D eigenvalue weighted by Gasteiger charge is -2.15. The van der Waals surface area contributed by atoms with Gasteiger partial charge in [0.05, 0.1) is 5.75 Å². The second kappa shape index (κ2) is 7.57. The minimum Gasteiger partial charge on any atom is -0.310 e. The molecule has 0 aliphatic rings. The molecule has 1 N–H and O–H groups in total. The maximum atomic E-state index is 12.1. The highest BCUT2D eigenvalue weighted by Gasteiger charge is 2.17. The minimum absolute atomic E-state index is 0.0207. The van der Waals surface area contributed by atoms with Crippen molar-refractivity contribution in [3.8, 4) is 0 Å². The van der Waals surface area contributed by atoms with Gasteiger partial charge in [0.1, 0.15) is 0 Å². The topological polar surface area (TPSA) is 49.4 Å². The summed E-state index contributed by atoms with van der Waals surface area (Å²) in [5.41, 5.74) is 1.90. The molecular weight excluding hydrogens is 272 g/mol. The molecule has 0 bridgehead atoms. The normalized spacial score (nSPS) is 12.1. The summed E-state index contributed by atoms with van der Waals surface area (Å²) in [7, 11) is -1.71. The first-order chi connectivity index (χ1) is 9.35. The van der Waals surface area contributed by atoms with Gasteiger partial charge in [0.2, 0.25) is 10.0 Å². The van der Waals surface area contributed by atoms with Crippen molar-refractivity contribution in [2.45, 2.75) is 32.2 Å². The molecule has 0 spiro atoms. The third-order valence-electron chi connectivity index (χ3n) is 2.92. The van der Waals surface area contributed by atoms with Gasteiger partial charge in [-0.2, -0.15) is 0 Å². The summed E-state index contributed by atoms with van der Waals surface area (Å²) in [5.74, 6) is 0.0207. The van der Waals surface area contributed by atoms with E-state index in [1.165, 1.54) is 4.31 Å². The van der Waals surface area contributed by atoms with Crippen molar-refractivity contribution in [1.29, 1.82) is 0 Å². The van der Waals surface area contributed by atoms with Gasteiger partial charge in [-0.25, -0.2) is 12.7 Å². The van der Waals surface area contributed by atoms with Gasteiger partial charge in [-0.3, -0.25) is 0 Å². The van der Waals surface area contributed by atoms with Crippen LogP contribution >= 0.6 is 0 Å². The molecule has 0 aliphatic heterocycles. The molecule has 1 aromatic rings. The molecule has 0 amide bonds. The van der Waals surface area contributed by atoms with Gasteiger partial charge in [-0.15, -0.1) is 6.58 Å². The van der Waals surface area contributed by atoms with Gasteiger partial charge in [0.15, 0.2) is 0 Å². The first-order valence-corrected chi connectivity index (χ1v) is 8.32. The third-order valence-corrected chi connectivity index (χ3v) is 4.71. The van der Waals surface area contributed by atoms with E-state index in [9.17, 15) is 8.42 Å². The van der Waals surface area contributed by atoms with Crippen LogP contribution in [0.2, 0.25) is 0 Å². The van der Waals surface area contributed by atoms with E-state index < -0.39 is 10.0 Å². The van der Waals surface area contributed by atoms with Crippen LogP contribution in [0.3, 0.4) is 0 Å². The van der Waals surface area contributed by atoms with Crippen LogP contribution < -0.4 is 5.32 Å². The summed E-state index contributed by atoms with van der Waals surface area (Å²) in [4.78, 5) is 0. The molecule has 1 aromatic carbocycles. The number of rotatable bonds is 8. The van der Waals surface area contributed by atoms with Crippen LogP contribution in [0.4, 0.5) is 0 Å². The summed E-state index contributed by atoms with van der Waals surface area (Å²) in [6.45, 7) is 8.80. The molecule has 0 atom stereocenters. The van der Waals surface area contributed by atoms with Gasteiger partial charge in [-0.1, -0.05) is 44.2 Å². The van der Waals surface area contributed by atoms with E-state index in [4.69, 9.17) is 0 Å². The number of benzene rings is 1. The van der Waals surface area contributed by atoms with E-state index in [0.29, 0.717) is 12.6 Å². The van der Waals surface area contributed by atoms with Gasteiger partial charge in [0.25, 0.3) is 0 Å². The Morgan fingerprint density at radius 2 is 2.00 bits per heavy atom. The van der Waals surface area contributed by atoms with Gasteiger partial charge in [0, 0.05) is 26.2 Å². The van der Waals surface area contributed by atoms with Crippen LogP contribution in [0.15, 0.2) is 36.9 Å². The van der Waals surface area contributed by atoms with Gasteiger partial charge in [-0.05, 0) is 11.1 Å². The maximum Gasteiger partial charge on any atom is 0.218 e. The maximum absolute atomic E-state index is 12.1. The van der Waals surface area contributed by atoms with Crippen molar-refractivity contribution in [1.82, 2.24) is 9.62 Å². The lowest BCUT2D eigenvalue weighted by Crippen LogP contribution is -2.28. The first-order valence-electron chi connectivity index (χ1n) is 6.71. The zero-order valence-corrected chi connectivity index (χ0v) is 13.3. The number of likely N-dealkylation sites (N-methyl/N-ethyl adjacent to an activating group) is 1. The molecular formula is C15H24N2O2S. The molecule has 5 heteroatoms. The Balaban J connectivity index is 2.77. The predicted molar refractivity (Wildman–Crippen MR) is 83.9 cm³/mol. The molecule has 0 saturated heterocycles. The van der Waals surface area contributed by atoms with Crippen LogP contribution in [-0.2, 0) is 22.3 Å². The van der Waals surface area contributed by atoms with E-state index >= 15 is 0 Å². The zero-order chi connectivity index (χ0) is 15.2. The SMILES string of the molecule is C=CCN(C)S(=O)(=O)Cc1cccc(CNC(C)C)c1. The highest BCUT2D eigenvalue weighted by molar-refractivity contribution is 7.88. The average molecular weight is 296 g/mol. The van der Waals surface area contributed by atoms with Crippen LogP contribution in [0.1, 0.15) is 25.0 Å². The first kappa shape index (κ1) is 16.9. The Bertz CT molecular complexity index is 539. The molecule has 0 heterocycles. The minimum atomic E-state index is -3.28. The van der Waals surface area contributed by atoms with Crippen molar-refractivity contribution < 1.29 is 8.42 Å². The highest BCUT2D eigenvalue weighted by atomic mass is 32.2. The van der Waals surface area contributed by atoms with E-state index in [-0.39, 0.29) is 5.75 Å². The Morgan fingerprint density at radius 3 is 2.60 bits per heavy atom. The molecule has 0 saturated carbocycles. The third kappa shape index (κ3) is 5.45. The fourth-order valence-electron chi connectivity index (χ4n) is 1.77. The molecule has 1 rings (SSSR count). The molecule has 0 unspecified atom stereocenters. The van der Waals surface area contributed by atoms with Crippen LogP contribution in [0.25, 0.3) is 0 Å². The van der Waals surface area contributed by atoms with Crippen molar-refractivity contribution in [2.75, 3.05) is 13.6 Å². The van der Waals surface area contributed by atoms with E-state index in [1.54, 1.807) is 13.1 Å². The largest absolute Gasteiger partial charge is 0.310 e. The molecule has 0 radical (unpaired) electrons. The highest BCUT2D eigenvalue weighted by Crippen LogP contribution is 2.12. The Kier molecular flexibility index (Phi) is 6.39. The number of hydrogen-bond donors (Lipinski definition) is 1. The van der Waals surface area contributed by atoms with Crippen LogP contribution in [-0.4, -0.2) is 32.4 Å². The molecule has 0 fully saturated rings. The predicted octanol–water partition coefficient (Wildman–Crippen LogP) is 2.13. The van der Waals surface area contributed by atoms with Crippen LogP contribution in [0.5, 0.6) is 0 Å². The summed E-state index contributed by atoms with van der Waals surface area (Å²) in [6, 6.07) is 8.09. The Morgan fingerprint density at radius 1 is 1.35 bits per heavy atom. The van der Waals surface area contributed by atoms with E-state index in [0.717, 1.165) is 17.7 Å². The lowest BCUT2D eigenvalue weighted by molar-refractivity contribution is 0.498. The quantitative estimate of drug-likeness (QED) is 0.748. The second-order valence-electron chi connectivity index (χ2n) is 5.18. The lowest BCUT2D eigenvalue weighted by atomic mass is 10.1. The Hall–Kier alpha value is -1.17. The zero-order valence-electron chi connectivity index (χ0n) is 12.5. The number of nitrogens with zero attached hydrogens (tertiary/aromatic N) is 1. The molecule has 20 heavy (non-hydrogen) atoms. The smallest absolute Gasteiger partial charge is 0.218 e. The summed E-state index contributed by atoms with van der Waals surface area (Å²) >= 11 is 0. The fraction of sp³-hybridized carbons (Fsp3) is 0.467. The second-order valence-corrected chi connectivity index (χ2v) is 7.26.